The number of carbonyl (C=O) groups excluding carboxylic acids is 2. The zero-order valence-corrected chi connectivity index (χ0v) is 17.7. The lowest BCUT2D eigenvalue weighted by Crippen LogP contribution is -2.33. The fraction of sp³-hybridized carbons (Fsp3) is 0.391. The summed E-state index contributed by atoms with van der Waals surface area (Å²) in [6.07, 6.45) is 3.88. The Balaban J connectivity index is 1.68. The average Bonchev–Trinajstić information content (AvgIpc) is 2.74. The van der Waals surface area contributed by atoms with Gasteiger partial charge < -0.3 is 15.0 Å². The highest BCUT2D eigenvalue weighted by atomic mass is 35.5. The van der Waals surface area contributed by atoms with E-state index in [-0.39, 0.29) is 24.3 Å². The van der Waals surface area contributed by atoms with Gasteiger partial charge in [0.25, 0.3) is 0 Å². The molecule has 1 heterocycles. The van der Waals surface area contributed by atoms with E-state index in [1.165, 1.54) is 26.4 Å². The van der Waals surface area contributed by atoms with Gasteiger partial charge in [0, 0.05) is 23.8 Å². The van der Waals surface area contributed by atoms with E-state index in [4.69, 9.17) is 16.3 Å². The molecule has 0 spiro atoms. The number of methoxy groups -OCH3 is 1. The molecule has 1 unspecified atom stereocenters. The molecule has 29 heavy (non-hydrogen) atoms. The second kappa shape index (κ2) is 9.79. The predicted molar refractivity (Wildman–Crippen MR) is 116 cm³/mol. The third kappa shape index (κ3) is 5.51. The van der Waals surface area contributed by atoms with Crippen LogP contribution in [0.4, 0.5) is 5.69 Å². The molecule has 0 bridgehead atoms. The first-order valence-electron chi connectivity index (χ1n) is 9.99. The van der Waals surface area contributed by atoms with Gasteiger partial charge >= 0.3 is 5.97 Å². The van der Waals surface area contributed by atoms with Crippen LogP contribution in [0.1, 0.15) is 53.7 Å². The van der Waals surface area contributed by atoms with E-state index in [0.29, 0.717) is 10.6 Å². The molecule has 0 aliphatic carbocycles. The first-order valence-corrected chi connectivity index (χ1v) is 10.4. The van der Waals surface area contributed by atoms with Crippen LogP contribution in [0.2, 0.25) is 5.02 Å². The number of amides is 1. The number of ether oxygens (including phenoxy) is 1. The van der Waals surface area contributed by atoms with Crippen molar-refractivity contribution in [3.63, 3.8) is 0 Å². The van der Waals surface area contributed by atoms with Gasteiger partial charge in [-0.15, -0.1) is 0 Å². The molecule has 0 saturated carbocycles. The minimum Gasteiger partial charge on any atom is -0.465 e. The average molecular weight is 415 g/mol. The Hall–Kier alpha value is -2.53. The van der Waals surface area contributed by atoms with Crippen molar-refractivity contribution in [2.45, 2.75) is 38.6 Å². The van der Waals surface area contributed by atoms with Crippen molar-refractivity contribution in [3.8, 4) is 0 Å². The largest absolute Gasteiger partial charge is 0.465 e. The van der Waals surface area contributed by atoms with Gasteiger partial charge in [-0.05, 0) is 67.6 Å². The molecule has 1 atom stereocenters. The monoisotopic (exact) mass is 414 g/mol. The van der Waals surface area contributed by atoms with Crippen molar-refractivity contribution >= 4 is 29.2 Å². The van der Waals surface area contributed by atoms with Crippen LogP contribution in [0.25, 0.3) is 0 Å². The molecule has 154 valence electrons. The quantitative estimate of drug-likeness (QED) is 0.705. The van der Waals surface area contributed by atoms with Gasteiger partial charge in [0.1, 0.15) is 0 Å². The number of piperidine rings is 1. The number of carbonyl (C=O) groups is 2. The normalized spacial score (nSPS) is 14.9. The van der Waals surface area contributed by atoms with E-state index in [2.05, 4.69) is 16.3 Å². The Labute approximate surface area is 177 Å². The summed E-state index contributed by atoms with van der Waals surface area (Å²) in [6.45, 7) is 4.04. The topological polar surface area (TPSA) is 58.6 Å². The molecule has 5 nitrogen and oxygen atoms in total. The SMILES string of the molecule is COC(=O)c1ccc(CC(=O)NC(C)c2cc(Cl)ccc2N2CCCCC2)cc1. The van der Waals surface area contributed by atoms with Gasteiger partial charge in [-0.3, -0.25) is 4.79 Å². The third-order valence-corrected chi connectivity index (χ3v) is 5.51. The first-order chi connectivity index (χ1) is 14.0. The predicted octanol–water partition coefficient (Wildman–Crippen LogP) is 4.54. The van der Waals surface area contributed by atoms with Gasteiger partial charge in [0.05, 0.1) is 25.1 Å². The zero-order valence-electron chi connectivity index (χ0n) is 16.9. The fourth-order valence-electron chi connectivity index (χ4n) is 3.73. The molecule has 1 aliphatic rings. The highest BCUT2D eigenvalue weighted by Crippen LogP contribution is 2.31. The number of rotatable bonds is 6. The standard InChI is InChI=1S/C23H27ClN2O3/c1-16(20-15-19(24)10-11-21(20)26-12-4-3-5-13-26)25-22(27)14-17-6-8-18(9-7-17)23(28)29-2/h6-11,15-16H,3-5,12-14H2,1-2H3,(H,25,27). The van der Waals surface area contributed by atoms with Crippen molar-refractivity contribution in [2.24, 2.45) is 0 Å². The number of nitrogens with one attached hydrogen (secondary N) is 1. The summed E-state index contributed by atoms with van der Waals surface area (Å²) in [5.74, 6) is -0.464. The smallest absolute Gasteiger partial charge is 0.337 e. The molecule has 6 heteroatoms. The van der Waals surface area contributed by atoms with Gasteiger partial charge in [-0.25, -0.2) is 4.79 Å². The maximum atomic E-state index is 12.6. The molecule has 1 aliphatic heterocycles. The van der Waals surface area contributed by atoms with Crippen LogP contribution >= 0.6 is 11.6 Å². The number of halogens is 1. The zero-order chi connectivity index (χ0) is 20.8. The number of esters is 1. The molecule has 1 amide bonds. The molecule has 2 aromatic carbocycles. The van der Waals surface area contributed by atoms with E-state index in [9.17, 15) is 9.59 Å². The Morgan fingerprint density at radius 1 is 1.10 bits per heavy atom. The van der Waals surface area contributed by atoms with Crippen molar-refractivity contribution in [2.75, 3.05) is 25.1 Å². The lowest BCUT2D eigenvalue weighted by atomic mass is 10.0. The van der Waals surface area contributed by atoms with Crippen LogP contribution in [-0.2, 0) is 16.0 Å². The summed E-state index contributed by atoms with van der Waals surface area (Å²) in [4.78, 5) is 26.5. The number of benzene rings is 2. The first kappa shape index (κ1) is 21.2. The summed E-state index contributed by atoms with van der Waals surface area (Å²) in [5, 5.41) is 3.75. The van der Waals surface area contributed by atoms with E-state index in [1.807, 2.05) is 19.1 Å². The lowest BCUT2D eigenvalue weighted by Gasteiger charge is -2.32. The van der Waals surface area contributed by atoms with Gasteiger partial charge in [0.2, 0.25) is 5.91 Å². The van der Waals surface area contributed by atoms with E-state index >= 15 is 0 Å². The molecular weight excluding hydrogens is 388 g/mol. The fourth-order valence-corrected chi connectivity index (χ4v) is 3.91. The molecule has 1 N–H and O–H groups in total. The number of hydrogen-bond donors (Lipinski definition) is 1. The van der Waals surface area contributed by atoms with Crippen molar-refractivity contribution in [3.05, 3.63) is 64.2 Å². The van der Waals surface area contributed by atoms with E-state index in [1.54, 1.807) is 24.3 Å². The molecular formula is C23H27ClN2O3. The summed E-state index contributed by atoms with van der Waals surface area (Å²) >= 11 is 6.25. The minimum atomic E-state index is -0.388. The third-order valence-electron chi connectivity index (χ3n) is 5.27. The van der Waals surface area contributed by atoms with E-state index in [0.717, 1.165) is 29.9 Å². The number of hydrogen-bond acceptors (Lipinski definition) is 4. The van der Waals surface area contributed by atoms with Crippen LogP contribution in [0.5, 0.6) is 0 Å². The maximum absolute atomic E-state index is 12.6. The number of nitrogens with zero attached hydrogens (tertiary/aromatic N) is 1. The summed E-state index contributed by atoms with van der Waals surface area (Å²) < 4.78 is 4.70. The van der Waals surface area contributed by atoms with Gasteiger partial charge in [-0.2, -0.15) is 0 Å². The Morgan fingerprint density at radius 3 is 2.45 bits per heavy atom. The van der Waals surface area contributed by atoms with Gasteiger partial charge in [0.15, 0.2) is 0 Å². The molecule has 3 rings (SSSR count). The summed E-state index contributed by atoms with van der Waals surface area (Å²) in [5.41, 5.74) is 3.48. The van der Waals surface area contributed by atoms with E-state index < -0.39 is 0 Å². The second-order valence-electron chi connectivity index (χ2n) is 7.41. The number of anilines is 1. The molecule has 0 radical (unpaired) electrons. The highest BCUT2D eigenvalue weighted by molar-refractivity contribution is 6.30. The van der Waals surface area contributed by atoms with Crippen molar-refractivity contribution in [1.29, 1.82) is 0 Å². The van der Waals surface area contributed by atoms with Crippen LogP contribution in [0.3, 0.4) is 0 Å². The highest BCUT2D eigenvalue weighted by Gasteiger charge is 2.19. The second-order valence-corrected chi connectivity index (χ2v) is 7.84. The summed E-state index contributed by atoms with van der Waals surface area (Å²) in [7, 11) is 1.35. The Bertz CT molecular complexity index is 861. The van der Waals surface area contributed by atoms with Crippen molar-refractivity contribution < 1.29 is 14.3 Å². The van der Waals surface area contributed by atoms with Crippen LogP contribution < -0.4 is 10.2 Å². The van der Waals surface area contributed by atoms with Crippen LogP contribution in [0.15, 0.2) is 42.5 Å². The molecule has 0 aromatic heterocycles. The lowest BCUT2D eigenvalue weighted by molar-refractivity contribution is -0.121. The van der Waals surface area contributed by atoms with Gasteiger partial charge in [-0.1, -0.05) is 23.7 Å². The Kier molecular flexibility index (Phi) is 7.15. The molecule has 1 saturated heterocycles. The summed E-state index contributed by atoms with van der Waals surface area (Å²) in [6, 6.07) is 12.6. The van der Waals surface area contributed by atoms with Crippen molar-refractivity contribution in [1.82, 2.24) is 5.32 Å². The minimum absolute atomic E-state index is 0.0760. The maximum Gasteiger partial charge on any atom is 0.337 e. The van der Waals surface area contributed by atoms with Crippen LogP contribution in [0, 0.1) is 0 Å². The molecule has 2 aromatic rings. The Morgan fingerprint density at radius 2 is 1.79 bits per heavy atom. The van der Waals surface area contributed by atoms with Crippen LogP contribution in [-0.4, -0.2) is 32.1 Å². The molecule has 1 fully saturated rings.